The number of benzene rings is 1. The second-order valence-electron chi connectivity index (χ2n) is 6.04. The van der Waals surface area contributed by atoms with Gasteiger partial charge in [-0.25, -0.2) is 4.39 Å². The number of pyridine rings is 1. The van der Waals surface area contributed by atoms with E-state index in [0.29, 0.717) is 29.1 Å². The predicted molar refractivity (Wildman–Crippen MR) is 93.0 cm³/mol. The lowest BCUT2D eigenvalue weighted by atomic mass is 10.1. The van der Waals surface area contributed by atoms with E-state index in [2.05, 4.69) is 21.7 Å². The van der Waals surface area contributed by atoms with Gasteiger partial charge in [-0.05, 0) is 48.7 Å². The van der Waals surface area contributed by atoms with Crippen LogP contribution in [-0.2, 0) is 11.2 Å². The highest BCUT2D eigenvalue weighted by molar-refractivity contribution is 6.31. The van der Waals surface area contributed by atoms with Gasteiger partial charge < -0.3 is 10.6 Å². The van der Waals surface area contributed by atoms with E-state index in [4.69, 9.17) is 16.9 Å². The number of halogens is 2. The van der Waals surface area contributed by atoms with Gasteiger partial charge in [0.15, 0.2) is 0 Å². The number of amides is 2. The summed E-state index contributed by atoms with van der Waals surface area (Å²) < 4.78 is 13.3. The fourth-order valence-electron chi connectivity index (χ4n) is 2.36. The summed E-state index contributed by atoms with van der Waals surface area (Å²) in [4.78, 5) is 28.3. The zero-order valence-electron chi connectivity index (χ0n) is 13.6. The molecule has 0 atom stereocenters. The van der Waals surface area contributed by atoms with Crippen molar-refractivity contribution in [1.29, 1.82) is 5.26 Å². The van der Waals surface area contributed by atoms with Crippen molar-refractivity contribution in [2.75, 3.05) is 5.32 Å². The highest BCUT2D eigenvalue weighted by Crippen LogP contribution is 2.34. The topological polar surface area (TPSA) is 94.9 Å². The molecule has 6 nitrogen and oxygen atoms in total. The lowest BCUT2D eigenvalue weighted by molar-refractivity contribution is -0.115. The fraction of sp³-hybridized carbons (Fsp3) is 0.222. The van der Waals surface area contributed by atoms with Gasteiger partial charge in [-0.2, -0.15) is 5.26 Å². The first kappa shape index (κ1) is 17.8. The number of rotatable bonds is 5. The van der Waals surface area contributed by atoms with Crippen LogP contribution in [-0.4, -0.2) is 22.3 Å². The average Bonchev–Trinajstić information content (AvgIpc) is 3.38. The second kappa shape index (κ2) is 7.10. The smallest absolute Gasteiger partial charge is 0.271 e. The first-order chi connectivity index (χ1) is 12.4. The van der Waals surface area contributed by atoms with Crippen molar-refractivity contribution in [2.45, 2.75) is 24.8 Å². The van der Waals surface area contributed by atoms with Crippen LogP contribution in [0.15, 0.2) is 36.5 Å². The van der Waals surface area contributed by atoms with Crippen molar-refractivity contribution in [2.24, 2.45) is 0 Å². The van der Waals surface area contributed by atoms with Gasteiger partial charge in [0, 0.05) is 16.9 Å². The van der Waals surface area contributed by atoms with Crippen LogP contribution < -0.4 is 10.6 Å². The predicted octanol–water partition coefficient (Wildman–Crippen LogP) is 2.84. The SMILES string of the molecule is N#CC1(NC(=O)c2cc(NC(=O)Cc3cc(F)ccc3Cl)ccn2)CC1. The first-order valence-electron chi connectivity index (χ1n) is 7.84. The Bertz CT molecular complexity index is 922. The molecule has 1 saturated carbocycles. The minimum Gasteiger partial charge on any atom is -0.332 e. The Morgan fingerprint density at radius 3 is 2.77 bits per heavy atom. The Morgan fingerprint density at radius 1 is 1.31 bits per heavy atom. The number of carbonyl (C=O) groups is 2. The number of nitrogens with one attached hydrogen (secondary N) is 2. The molecule has 1 aliphatic carbocycles. The Labute approximate surface area is 154 Å². The molecule has 3 rings (SSSR count). The van der Waals surface area contributed by atoms with E-state index in [0.717, 1.165) is 0 Å². The molecule has 0 unspecified atom stereocenters. The largest absolute Gasteiger partial charge is 0.332 e. The van der Waals surface area contributed by atoms with E-state index in [9.17, 15) is 14.0 Å². The van der Waals surface area contributed by atoms with Crippen LogP contribution in [0.2, 0.25) is 5.02 Å². The van der Waals surface area contributed by atoms with Crippen LogP contribution in [0.1, 0.15) is 28.9 Å². The zero-order chi connectivity index (χ0) is 18.7. The van der Waals surface area contributed by atoms with Gasteiger partial charge in [-0.3, -0.25) is 14.6 Å². The summed E-state index contributed by atoms with van der Waals surface area (Å²) in [6, 6.07) is 8.80. The molecule has 0 radical (unpaired) electrons. The fourth-order valence-corrected chi connectivity index (χ4v) is 2.54. The third-order valence-electron chi connectivity index (χ3n) is 3.95. The number of hydrogen-bond donors (Lipinski definition) is 2. The maximum Gasteiger partial charge on any atom is 0.271 e. The third kappa shape index (κ3) is 4.16. The summed E-state index contributed by atoms with van der Waals surface area (Å²) in [7, 11) is 0. The third-order valence-corrected chi connectivity index (χ3v) is 4.32. The highest BCUT2D eigenvalue weighted by atomic mass is 35.5. The lowest BCUT2D eigenvalue weighted by Gasteiger charge is -2.10. The van der Waals surface area contributed by atoms with Crippen LogP contribution >= 0.6 is 11.6 Å². The van der Waals surface area contributed by atoms with Crippen molar-refractivity contribution in [3.8, 4) is 6.07 Å². The molecular weight excluding hydrogens is 359 g/mol. The van der Waals surface area contributed by atoms with Crippen molar-refractivity contribution in [3.05, 3.63) is 58.6 Å². The summed E-state index contributed by atoms with van der Waals surface area (Å²) >= 11 is 5.96. The molecular formula is C18H14ClFN4O2. The lowest BCUT2D eigenvalue weighted by Crippen LogP contribution is -2.36. The molecule has 132 valence electrons. The van der Waals surface area contributed by atoms with Crippen molar-refractivity contribution < 1.29 is 14.0 Å². The molecule has 0 aliphatic heterocycles. The van der Waals surface area contributed by atoms with Gasteiger partial charge in [0.2, 0.25) is 5.91 Å². The Kier molecular flexibility index (Phi) is 4.87. The van der Waals surface area contributed by atoms with E-state index in [1.807, 2.05) is 0 Å². The second-order valence-corrected chi connectivity index (χ2v) is 6.45. The van der Waals surface area contributed by atoms with E-state index in [-0.39, 0.29) is 12.1 Å². The molecule has 0 bridgehead atoms. The molecule has 1 aromatic carbocycles. The molecule has 2 aromatic rings. The van der Waals surface area contributed by atoms with Crippen molar-refractivity contribution >= 4 is 29.1 Å². The van der Waals surface area contributed by atoms with Crippen LogP contribution in [0.4, 0.5) is 10.1 Å². The number of nitriles is 1. The number of carbonyl (C=O) groups excluding carboxylic acids is 2. The zero-order valence-corrected chi connectivity index (χ0v) is 14.3. The number of anilines is 1. The van der Waals surface area contributed by atoms with Crippen LogP contribution in [0.25, 0.3) is 0 Å². The normalized spacial score (nSPS) is 14.2. The summed E-state index contributed by atoms with van der Waals surface area (Å²) in [5.41, 5.74) is 0.0186. The Morgan fingerprint density at radius 2 is 2.08 bits per heavy atom. The maximum atomic E-state index is 13.3. The van der Waals surface area contributed by atoms with Crippen LogP contribution in [0, 0.1) is 17.1 Å². The molecule has 1 aromatic heterocycles. The standard InChI is InChI=1S/C18H14ClFN4O2/c19-14-2-1-12(20)7-11(14)8-16(25)23-13-3-6-22-15(9-13)17(26)24-18(10-21)4-5-18/h1-3,6-7,9H,4-5,8H2,(H,24,26)(H,22,23,25). The summed E-state index contributed by atoms with van der Waals surface area (Å²) in [5.74, 6) is -1.37. The first-order valence-corrected chi connectivity index (χ1v) is 8.22. The summed E-state index contributed by atoms with van der Waals surface area (Å²) in [6.07, 6.45) is 2.49. The Balaban J connectivity index is 1.66. The van der Waals surface area contributed by atoms with E-state index in [1.54, 1.807) is 0 Å². The van der Waals surface area contributed by atoms with Crippen LogP contribution in [0.5, 0.6) is 0 Å². The molecule has 1 heterocycles. The minimum atomic E-state index is -0.799. The summed E-state index contributed by atoms with van der Waals surface area (Å²) in [6.45, 7) is 0. The molecule has 1 fully saturated rings. The number of hydrogen-bond acceptors (Lipinski definition) is 4. The molecule has 2 N–H and O–H groups in total. The van der Waals surface area contributed by atoms with Gasteiger partial charge in [0.1, 0.15) is 17.1 Å². The van der Waals surface area contributed by atoms with Gasteiger partial charge in [-0.1, -0.05) is 11.6 Å². The summed E-state index contributed by atoms with van der Waals surface area (Å²) in [5, 5.41) is 14.6. The van der Waals surface area contributed by atoms with Gasteiger partial charge in [-0.15, -0.1) is 0 Å². The van der Waals surface area contributed by atoms with Crippen molar-refractivity contribution in [3.63, 3.8) is 0 Å². The average molecular weight is 373 g/mol. The van der Waals surface area contributed by atoms with Crippen molar-refractivity contribution in [1.82, 2.24) is 10.3 Å². The van der Waals surface area contributed by atoms with E-state index < -0.39 is 23.2 Å². The minimum absolute atomic E-state index is 0.0908. The molecule has 1 aliphatic rings. The molecule has 26 heavy (non-hydrogen) atoms. The monoisotopic (exact) mass is 372 g/mol. The Hall–Kier alpha value is -2.98. The van der Waals surface area contributed by atoms with E-state index >= 15 is 0 Å². The van der Waals surface area contributed by atoms with Gasteiger partial charge in [0.25, 0.3) is 5.91 Å². The van der Waals surface area contributed by atoms with Gasteiger partial charge >= 0.3 is 0 Å². The number of nitrogens with zero attached hydrogens (tertiary/aromatic N) is 2. The van der Waals surface area contributed by atoms with Gasteiger partial charge in [0.05, 0.1) is 12.5 Å². The van der Waals surface area contributed by atoms with Crippen LogP contribution in [0.3, 0.4) is 0 Å². The number of aromatic nitrogens is 1. The quantitative estimate of drug-likeness (QED) is 0.843. The molecule has 8 heteroatoms. The molecule has 0 saturated heterocycles. The highest BCUT2D eigenvalue weighted by Gasteiger charge is 2.44. The van der Waals surface area contributed by atoms with E-state index in [1.165, 1.54) is 36.5 Å². The maximum absolute atomic E-state index is 13.3. The molecule has 0 spiro atoms. The molecule has 2 amide bonds.